The molecule has 0 aliphatic rings. The Hall–Kier alpha value is -3.14. The van der Waals surface area contributed by atoms with E-state index in [0.717, 1.165) is 17.2 Å². The number of rotatable bonds is 6. The first-order chi connectivity index (χ1) is 12.6. The number of hydrogen-bond acceptors (Lipinski definition) is 2. The molecule has 2 N–H and O–H groups in total. The number of nitrogens with zero attached hydrogens (tertiary/aromatic N) is 1. The monoisotopic (exact) mass is 346 g/mol. The number of carbonyl (C=O) groups excluding carboxylic acids is 2. The van der Waals surface area contributed by atoms with E-state index in [4.69, 9.17) is 5.73 Å². The average molecular weight is 346 g/mol. The Morgan fingerprint density at radius 3 is 2.23 bits per heavy atom. The number of benzene rings is 3. The van der Waals surface area contributed by atoms with Gasteiger partial charge in [0.25, 0.3) is 5.91 Å². The highest BCUT2D eigenvalue weighted by Gasteiger charge is 2.29. The summed E-state index contributed by atoms with van der Waals surface area (Å²) in [6.07, 6.45) is 1.26. The van der Waals surface area contributed by atoms with E-state index in [1.807, 2.05) is 67.6 Å². The molecule has 132 valence electrons. The van der Waals surface area contributed by atoms with Gasteiger partial charge < -0.3 is 5.73 Å². The van der Waals surface area contributed by atoms with Crippen molar-refractivity contribution < 1.29 is 9.59 Å². The standard InChI is InChI=1S/C22H22N2O2/c1-2-8-20(21(23)25)24(22(26)17-10-4-3-5-11-17)19-14-13-16-9-6-7-12-18(16)15-19/h3-7,9-15,20H,2,8H2,1H3,(H2,23,25). The lowest BCUT2D eigenvalue weighted by Gasteiger charge is -2.30. The Morgan fingerprint density at radius 1 is 0.923 bits per heavy atom. The Morgan fingerprint density at radius 2 is 1.58 bits per heavy atom. The van der Waals surface area contributed by atoms with E-state index in [2.05, 4.69) is 0 Å². The lowest BCUT2D eigenvalue weighted by atomic mass is 10.0. The number of amides is 2. The summed E-state index contributed by atoms with van der Waals surface area (Å²) in [5.41, 5.74) is 6.86. The summed E-state index contributed by atoms with van der Waals surface area (Å²) in [6.45, 7) is 1.97. The minimum absolute atomic E-state index is 0.224. The summed E-state index contributed by atoms with van der Waals surface area (Å²) in [5.74, 6) is -0.720. The van der Waals surface area contributed by atoms with Crippen LogP contribution >= 0.6 is 0 Å². The van der Waals surface area contributed by atoms with Gasteiger partial charge in [-0.1, -0.05) is 61.9 Å². The summed E-state index contributed by atoms with van der Waals surface area (Å²) in [4.78, 5) is 26.9. The van der Waals surface area contributed by atoms with E-state index < -0.39 is 11.9 Å². The minimum Gasteiger partial charge on any atom is -0.368 e. The van der Waals surface area contributed by atoms with Crippen LogP contribution in [0.2, 0.25) is 0 Å². The van der Waals surface area contributed by atoms with Crippen LogP contribution in [0.5, 0.6) is 0 Å². The van der Waals surface area contributed by atoms with Gasteiger partial charge in [0.2, 0.25) is 5.91 Å². The molecule has 0 saturated heterocycles. The number of primary amides is 1. The predicted molar refractivity (Wildman–Crippen MR) is 105 cm³/mol. The van der Waals surface area contributed by atoms with Crippen molar-refractivity contribution in [3.8, 4) is 0 Å². The molecule has 0 aliphatic carbocycles. The lowest BCUT2D eigenvalue weighted by molar-refractivity contribution is -0.119. The number of fused-ring (bicyclic) bond motifs is 1. The Balaban J connectivity index is 2.11. The van der Waals surface area contributed by atoms with Crippen molar-refractivity contribution >= 4 is 28.3 Å². The van der Waals surface area contributed by atoms with Gasteiger partial charge in [-0.3, -0.25) is 14.5 Å². The Kier molecular flexibility index (Phi) is 5.32. The van der Waals surface area contributed by atoms with Crippen molar-refractivity contribution in [2.75, 3.05) is 4.90 Å². The zero-order valence-electron chi connectivity index (χ0n) is 14.8. The second-order valence-corrected chi connectivity index (χ2v) is 6.28. The summed E-state index contributed by atoms with van der Waals surface area (Å²) in [5, 5.41) is 2.09. The van der Waals surface area contributed by atoms with Crippen molar-refractivity contribution in [3.63, 3.8) is 0 Å². The van der Waals surface area contributed by atoms with Crippen LogP contribution in [0.15, 0.2) is 72.8 Å². The summed E-state index contributed by atoms with van der Waals surface area (Å²) >= 11 is 0. The molecule has 0 heterocycles. The molecule has 0 spiro atoms. The van der Waals surface area contributed by atoms with E-state index in [-0.39, 0.29) is 5.91 Å². The van der Waals surface area contributed by atoms with Gasteiger partial charge in [0.15, 0.2) is 0 Å². The maximum Gasteiger partial charge on any atom is 0.259 e. The third-order valence-electron chi connectivity index (χ3n) is 4.45. The van der Waals surface area contributed by atoms with Gasteiger partial charge >= 0.3 is 0 Å². The van der Waals surface area contributed by atoms with Crippen LogP contribution < -0.4 is 10.6 Å². The molecule has 1 unspecified atom stereocenters. The molecule has 2 amide bonds. The normalized spacial score (nSPS) is 11.9. The summed E-state index contributed by atoms with van der Waals surface area (Å²) in [6, 6.07) is 22.0. The first-order valence-corrected chi connectivity index (χ1v) is 8.78. The van der Waals surface area contributed by atoms with Crippen molar-refractivity contribution in [1.29, 1.82) is 0 Å². The zero-order chi connectivity index (χ0) is 18.5. The number of anilines is 1. The van der Waals surface area contributed by atoms with E-state index in [9.17, 15) is 9.59 Å². The largest absolute Gasteiger partial charge is 0.368 e. The first-order valence-electron chi connectivity index (χ1n) is 8.78. The van der Waals surface area contributed by atoms with Crippen molar-refractivity contribution in [2.45, 2.75) is 25.8 Å². The van der Waals surface area contributed by atoms with Crippen LogP contribution in [-0.4, -0.2) is 17.9 Å². The molecule has 0 aliphatic heterocycles. The second kappa shape index (κ2) is 7.83. The van der Waals surface area contributed by atoms with Crippen molar-refractivity contribution in [2.24, 2.45) is 5.73 Å². The maximum atomic E-state index is 13.2. The van der Waals surface area contributed by atoms with Crippen LogP contribution in [0.4, 0.5) is 5.69 Å². The van der Waals surface area contributed by atoms with E-state index >= 15 is 0 Å². The third kappa shape index (κ3) is 3.59. The molecule has 1 atom stereocenters. The first kappa shape index (κ1) is 17.7. The van der Waals surface area contributed by atoms with Gasteiger partial charge in [-0.05, 0) is 41.5 Å². The highest BCUT2D eigenvalue weighted by molar-refractivity contribution is 6.10. The van der Waals surface area contributed by atoms with Crippen LogP contribution in [0.25, 0.3) is 10.8 Å². The van der Waals surface area contributed by atoms with Crippen molar-refractivity contribution in [3.05, 3.63) is 78.4 Å². The predicted octanol–water partition coefficient (Wildman–Crippen LogP) is 4.14. The minimum atomic E-state index is -0.686. The molecule has 26 heavy (non-hydrogen) atoms. The summed E-state index contributed by atoms with van der Waals surface area (Å²) in [7, 11) is 0. The van der Waals surface area contributed by atoms with Gasteiger partial charge in [-0.2, -0.15) is 0 Å². The van der Waals surface area contributed by atoms with Crippen LogP contribution in [0.3, 0.4) is 0 Å². The van der Waals surface area contributed by atoms with E-state index in [1.165, 1.54) is 4.90 Å². The molecule has 0 saturated carbocycles. The SMILES string of the molecule is CCCC(C(N)=O)N(C(=O)c1ccccc1)c1ccc2ccccc2c1. The second-order valence-electron chi connectivity index (χ2n) is 6.28. The Labute approximate surface area is 153 Å². The molecule has 0 fully saturated rings. The fourth-order valence-electron chi connectivity index (χ4n) is 3.16. The average Bonchev–Trinajstić information content (AvgIpc) is 2.68. The maximum absolute atomic E-state index is 13.2. The van der Waals surface area contributed by atoms with Crippen LogP contribution in [0.1, 0.15) is 30.1 Å². The number of nitrogens with two attached hydrogens (primary N) is 1. The quantitative estimate of drug-likeness (QED) is 0.729. The lowest BCUT2D eigenvalue weighted by Crippen LogP contribution is -2.48. The van der Waals surface area contributed by atoms with Crippen LogP contribution in [-0.2, 0) is 4.79 Å². The fraction of sp³-hybridized carbons (Fsp3) is 0.182. The number of hydrogen-bond donors (Lipinski definition) is 1. The molecule has 4 heteroatoms. The molecular formula is C22H22N2O2. The van der Waals surface area contributed by atoms with Crippen LogP contribution in [0, 0.1) is 0 Å². The van der Waals surface area contributed by atoms with Gasteiger partial charge in [-0.25, -0.2) is 0 Å². The highest BCUT2D eigenvalue weighted by atomic mass is 16.2. The molecular weight excluding hydrogens is 324 g/mol. The van der Waals surface area contributed by atoms with Gasteiger partial charge in [0.1, 0.15) is 6.04 Å². The molecule has 3 rings (SSSR count). The Bertz CT molecular complexity index is 922. The highest BCUT2D eigenvalue weighted by Crippen LogP contribution is 2.26. The van der Waals surface area contributed by atoms with Gasteiger partial charge in [0, 0.05) is 11.3 Å². The molecule has 0 aromatic heterocycles. The third-order valence-corrected chi connectivity index (χ3v) is 4.45. The molecule has 3 aromatic carbocycles. The van der Waals surface area contributed by atoms with E-state index in [1.54, 1.807) is 12.1 Å². The van der Waals surface area contributed by atoms with E-state index in [0.29, 0.717) is 17.7 Å². The van der Waals surface area contributed by atoms with Gasteiger partial charge in [-0.15, -0.1) is 0 Å². The molecule has 0 radical (unpaired) electrons. The smallest absolute Gasteiger partial charge is 0.259 e. The number of carbonyl (C=O) groups is 2. The summed E-state index contributed by atoms with van der Waals surface area (Å²) < 4.78 is 0. The van der Waals surface area contributed by atoms with Gasteiger partial charge in [0.05, 0.1) is 0 Å². The fourth-order valence-corrected chi connectivity index (χ4v) is 3.16. The molecule has 3 aromatic rings. The zero-order valence-corrected chi connectivity index (χ0v) is 14.8. The molecule has 0 bridgehead atoms. The topological polar surface area (TPSA) is 63.4 Å². The molecule has 4 nitrogen and oxygen atoms in total. The van der Waals surface area contributed by atoms with Crippen molar-refractivity contribution in [1.82, 2.24) is 0 Å².